The van der Waals surface area contributed by atoms with Crippen LogP contribution in [0.5, 0.6) is 0 Å². The Hall–Kier alpha value is -1.80. The highest BCUT2D eigenvalue weighted by Crippen LogP contribution is 2.37. The molecule has 0 aliphatic heterocycles. The number of hydrogen-bond donors (Lipinski definition) is 0. The van der Waals surface area contributed by atoms with Crippen LogP contribution < -0.4 is 0 Å². The van der Waals surface area contributed by atoms with E-state index in [1.807, 2.05) is 19.9 Å². The molecule has 0 radical (unpaired) electrons. The topological polar surface area (TPSA) is 26.3 Å². The summed E-state index contributed by atoms with van der Waals surface area (Å²) in [6.45, 7) is 12.7. The Morgan fingerprint density at radius 3 is 2.08 bits per heavy atom. The zero-order valence-electron chi connectivity index (χ0n) is 15.4. The van der Waals surface area contributed by atoms with Gasteiger partial charge in [0, 0.05) is 0 Å². The standard InChI is InChI=1S/C21H26O2.ClH/c1-7-23-21(22)17(6)19-14(3)13(2)15(4)20(16(19)5)18-11-9-8-10-12-18;/h8-12,17H,7H2,1-6H3;1H. The first-order chi connectivity index (χ1) is 10.9. The summed E-state index contributed by atoms with van der Waals surface area (Å²) in [5.74, 6) is -0.405. The molecule has 0 saturated heterocycles. The van der Waals surface area contributed by atoms with Crippen LogP contribution in [0.3, 0.4) is 0 Å². The van der Waals surface area contributed by atoms with E-state index in [-0.39, 0.29) is 24.3 Å². The van der Waals surface area contributed by atoms with Crippen molar-refractivity contribution in [2.24, 2.45) is 0 Å². The molecule has 24 heavy (non-hydrogen) atoms. The molecule has 1 atom stereocenters. The molecule has 130 valence electrons. The summed E-state index contributed by atoms with van der Waals surface area (Å²) < 4.78 is 5.24. The van der Waals surface area contributed by atoms with Crippen molar-refractivity contribution in [3.8, 4) is 11.1 Å². The Labute approximate surface area is 151 Å². The van der Waals surface area contributed by atoms with E-state index < -0.39 is 0 Å². The van der Waals surface area contributed by atoms with Crippen molar-refractivity contribution >= 4 is 18.4 Å². The van der Waals surface area contributed by atoms with Crippen molar-refractivity contribution in [3.05, 3.63) is 58.1 Å². The van der Waals surface area contributed by atoms with Gasteiger partial charge in [-0.2, -0.15) is 0 Å². The third kappa shape index (κ3) is 3.64. The predicted octanol–water partition coefficient (Wildman–Crippen LogP) is 5.68. The van der Waals surface area contributed by atoms with E-state index >= 15 is 0 Å². The van der Waals surface area contributed by atoms with Crippen molar-refractivity contribution in [2.45, 2.75) is 47.5 Å². The fourth-order valence-corrected chi connectivity index (χ4v) is 3.44. The number of carbonyl (C=O) groups excluding carboxylic acids is 1. The molecule has 0 heterocycles. The number of hydrogen-bond acceptors (Lipinski definition) is 2. The zero-order valence-corrected chi connectivity index (χ0v) is 16.2. The summed E-state index contributed by atoms with van der Waals surface area (Å²) in [6.07, 6.45) is 0. The SMILES string of the molecule is CCOC(=O)C(C)c1c(C)c(C)c(C)c(-c2ccccc2)c1C.Cl. The van der Waals surface area contributed by atoms with Gasteiger partial charge in [-0.15, -0.1) is 12.4 Å². The first-order valence-electron chi connectivity index (χ1n) is 8.22. The molecule has 2 nitrogen and oxygen atoms in total. The average Bonchev–Trinajstić information content (AvgIpc) is 2.54. The van der Waals surface area contributed by atoms with Crippen molar-refractivity contribution in [2.75, 3.05) is 6.61 Å². The summed E-state index contributed by atoms with van der Waals surface area (Å²) in [5.41, 5.74) is 8.44. The number of halogens is 1. The van der Waals surface area contributed by atoms with Gasteiger partial charge in [0.05, 0.1) is 12.5 Å². The quantitative estimate of drug-likeness (QED) is 0.666. The van der Waals surface area contributed by atoms with E-state index in [0.29, 0.717) is 6.61 Å². The lowest BCUT2D eigenvalue weighted by Crippen LogP contribution is -2.16. The predicted molar refractivity (Wildman–Crippen MR) is 103 cm³/mol. The van der Waals surface area contributed by atoms with Gasteiger partial charge in [-0.05, 0) is 80.5 Å². The normalized spacial score (nSPS) is 11.6. The number of benzene rings is 2. The van der Waals surface area contributed by atoms with Crippen LogP contribution in [0.1, 0.15) is 47.6 Å². The van der Waals surface area contributed by atoms with Crippen molar-refractivity contribution < 1.29 is 9.53 Å². The van der Waals surface area contributed by atoms with Crippen LogP contribution in [0.2, 0.25) is 0 Å². The zero-order chi connectivity index (χ0) is 17.1. The van der Waals surface area contributed by atoms with Gasteiger partial charge < -0.3 is 4.74 Å². The molecule has 0 aromatic heterocycles. The van der Waals surface area contributed by atoms with E-state index in [1.54, 1.807) is 0 Å². The minimum atomic E-state index is -0.253. The molecule has 0 amide bonds. The summed E-state index contributed by atoms with van der Waals surface area (Å²) in [7, 11) is 0. The van der Waals surface area contributed by atoms with Crippen molar-refractivity contribution in [1.29, 1.82) is 0 Å². The van der Waals surface area contributed by atoms with Gasteiger partial charge in [0.25, 0.3) is 0 Å². The molecule has 0 saturated carbocycles. The molecular weight excluding hydrogens is 320 g/mol. The van der Waals surface area contributed by atoms with Crippen LogP contribution >= 0.6 is 12.4 Å². The molecule has 2 rings (SSSR count). The molecule has 0 fully saturated rings. The number of rotatable bonds is 4. The molecule has 2 aromatic carbocycles. The van der Waals surface area contributed by atoms with E-state index in [0.717, 1.165) is 5.56 Å². The van der Waals surface area contributed by atoms with Gasteiger partial charge in [-0.3, -0.25) is 4.79 Å². The number of ether oxygens (including phenoxy) is 1. The second-order valence-corrected chi connectivity index (χ2v) is 6.13. The van der Waals surface area contributed by atoms with Crippen LogP contribution in [0, 0.1) is 27.7 Å². The fraction of sp³-hybridized carbons (Fsp3) is 0.381. The second-order valence-electron chi connectivity index (χ2n) is 6.13. The monoisotopic (exact) mass is 346 g/mol. The lowest BCUT2D eigenvalue weighted by molar-refractivity contribution is -0.144. The maximum Gasteiger partial charge on any atom is 0.313 e. The summed E-state index contributed by atoms with van der Waals surface area (Å²) in [5, 5.41) is 0. The third-order valence-corrected chi connectivity index (χ3v) is 4.82. The van der Waals surface area contributed by atoms with Gasteiger partial charge in [0.2, 0.25) is 0 Å². The first kappa shape index (κ1) is 20.2. The molecule has 3 heteroatoms. The maximum atomic E-state index is 12.3. The first-order valence-corrected chi connectivity index (χ1v) is 8.22. The summed E-state index contributed by atoms with van der Waals surface area (Å²) in [4.78, 5) is 12.3. The van der Waals surface area contributed by atoms with Crippen LogP contribution in [0.4, 0.5) is 0 Å². The fourth-order valence-electron chi connectivity index (χ4n) is 3.44. The minimum absolute atomic E-state index is 0. The molecule has 0 aliphatic rings. The Morgan fingerprint density at radius 1 is 0.958 bits per heavy atom. The highest BCUT2D eigenvalue weighted by Gasteiger charge is 2.24. The molecule has 0 aliphatic carbocycles. The highest BCUT2D eigenvalue weighted by atomic mass is 35.5. The maximum absolute atomic E-state index is 12.3. The van der Waals surface area contributed by atoms with Gasteiger partial charge in [0.1, 0.15) is 0 Å². The Morgan fingerprint density at radius 2 is 1.54 bits per heavy atom. The molecule has 0 N–H and O–H groups in total. The number of carbonyl (C=O) groups is 1. The smallest absolute Gasteiger partial charge is 0.313 e. The second kappa shape index (κ2) is 8.34. The Bertz CT molecular complexity index is 721. The summed E-state index contributed by atoms with van der Waals surface area (Å²) >= 11 is 0. The molecule has 0 bridgehead atoms. The van der Waals surface area contributed by atoms with E-state index in [2.05, 4.69) is 52.0 Å². The molecule has 1 unspecified atom stereocenters. The highest BCUT2D eigenvalue weighted by molar-refractivity contribution is 5.85. The Balaban J connectivity index is 0.00000288. The van der Waals surface area contributed by atoms with Gasteiger partial charge in [-0.25, -0.2) is 0 Å². The van der Waals surface area contributed by atoms with Crippen molar-refractivity contribution in [1.82, 2.24) is 0 Å². The van der Waals surface area contributed by atoms with E-state index in [1.165, 1.54) is 33.4 Å². The van der Waals surface area contributed by atoms with Crippen LogP contribution in [0.25, 0.3) is 11.1 Å². The largest absolute Gasteiger partial charge is 0.466 e. The lowest BCUT2D eigenvalue weighted by atomic mass is 9.81. The van der Waals surface area contributed by atoms with E-state index in [9.17, 15) is 4.79 Å². The van der Waals surface area contributed by atoms with Gasteiger partial charge in [0.15, 0.2) is 0 Å². The van der Waals surface area contributed by atoms with Gasteiger partial charge >= 0.3 is 5.97 Å². The minimum Gasteiger partial charge on any atom is -0.466 e. The molecule has 2 aromatic rings. The molecular formula is C21H27ClO2. The van der Waals surface area contributed by atoms with Crippen LogP contribution in [-0.2, 0) is 9.53 Å². The number of esters is 1. The Kier molecular flexibility index (Phi) is 7.04. The van der Waals surface area contributed by atoms with Crippen LogP contribution in [-0.4, -0.2) is 12.6 Å². The molecule has 0 spiro atoms. The average molecular weight is 347 g/mol. The van der Waals surface area contributed by atoms with Gasteiger partial charge in [-0.1, -0.05) is 30.3 Å². The lowest BCUT2D eigenvalue weighted by Gasteiger charge is -2.24. The summed E-state index contributed by atoms with van der Waals surface area (Å²) in [6, 6.07) is 10.4. The third-order valence-electron chi connectivity index (χ3n) is 4.82. The van der Waals surface area contributed by atoms with E-state index in [4.69, 9.17) is 4.74 Å². The van der Waals surface area contributed by atoms with Crippen molar-refractivity contribution in [3.63, 3.8) is 0 Å². The van der Waals surface area contributed by atoms with Crippen LogP contribution in [0.15, 0.2) is 30.3 Å².